The Morgan fingerprint density at radius 3 is 2.44 bits per heavy atom. The van der Waals surface area contributed by atoms with Gasteiger partial charge in [0.1, 0.15) is 5.82 Å². The normalized spacial score (nSPS) is 18.7. The SMILES string of the molecule is O=C(C1CCN(Cc2ccncc2F)CC1)N1CCC(n2c(=O)[nH]c3cc(C(F)(F)F)ccc32)CC1. The summed E-state index contributed by atoms with van der Waals surface area (Å²) in [5.41, 5.74) is -0.0468. The lowest BCUT2D eigenvalue weighted by Gasteiger charge is -2.37. The van der Waals surface area contributed by atoms with Crippen LogP contribution in [0.3, 0.4) is 0 Å². The van der Waals surface area contributed by atoms with E-state index >= 15 is 0 Å². The summed E-state index contributed by atoms with van der Waals surface area (Å²) >= 11 is 0. The number of nitrogens with zero attached hydrogens (tertiary/aromatic N) is 4. The summed E-state index contributed by atoms with van der Waals surface area (Å²) in [7, 11) is 0. The maximum absolute atomic E-state index is 13.9. The molecule has 4 heterocycles. The predicted molar refractivity (Wildman–Crippen MR) is 125 cm³/mol. The third kappa shape index (κ3) is 4.88. The molecule has 2 aromatic heterocycles. The first kappa shape index (κ1) is 24.5. The first-order valence-electron chi connectivity index (χ1n) is 12.1. The molecule has 0 atom stereocenters. The molecule has 2 saturated heterocycles. The molecule has 1 aromatic carbocycles. The second-order valence-electron chi connectivity index (χ2n) is 9.60. The quantitative estimate of drug-likeness (QED) is 0.545. The molecule has 11 heteroatoms. The number of fused-ring (bicyclic) bond motifs is 1. The Balaban J connectivity index is 1.18. The highest BCUT2D eigenvalue weighted by atomic mass is 19.4. The summed E-state index contributed by atoms with van der Waals surface area (Å²) in [4.78, 5) is 36.0. The summed E-state index contributed by atoms with van der Waals surface area (Å²) < 4.78 is 54.5. The number of halogens is 4. The zero-order chi connectivity index (χ0) is 25.4. The number of amides is 1. The van der Waals surface area contributed by atoms with Crippen LogP contribution in [0, 0.1) is 11.7 Å². The Labute approximate surface area is 204 Å². The second kappa shape index (κ2) is 9.68. The minimum absolute atomic E-state index is 0.0864. The summed E-state index contributed by atoms with van der Waals surface area (Å²) in [5.74, 6) is -0.311. The highest BCUT2D eigenvalue weighted by molar-refractivity contribution is 5.79. The van der Waals surface area contributed by atoms with E-state index < -0.39 is 17.4 Å². The van der Waals surface area contributed by atoms with Crippen molar-refractivity contribution in [1.82, 2.24) is 24.3 Å². The van der Waals surface area contributed by atoms with Crippen molar-refractivity contribution in [3.05, 3.63) is 64.1 Å². The lowest BCUT2D eigenvalue weighted by atomic mass is 9.93. The number of hydrogen-bond acceptors (Lipinski definition) is 4. The number of carbonyl (C=O) groups excluding carboxylic acids is 1. The van der Waals surface area contributed by atoms with Crippen LogP contribution >= 0.6 is 0 Å². The Morgan fingerprint density at radius 1 is 1.06 bits per heavy atom. The van der Waals surface area contributed by atoms with Gasteiger partial charge in [0.2, 0.25) is 5.91 Å². The first-order valence-corrected chi connectivity index (χ1v) is 12.1. The molecule has 36 heavy (non-hydrogen) atoms. The zero-order valence-electron chi connectivity index (χ0n) is 19.6. The van der Waals surface area contributed by atoms with Crippen LogP contribution in [0.1, 0.15) is 42.9 Å². The third-order valence-corrected chi connectivity index (χ3v) is 7.37. The highest BCUT2D eigenvalue weighted by Crippen LogP contribution is 2.32. The van der Waals surface area contributed by atoms with E-state index in [0.29, 0.717) is 69.5 Å². The molecule has 0 bridgehead atoms. The number of piperidine rings is 2. The number of H-pyrrole nitrogens is 1. The fraction of sp³-hybridized carbons (Fsp3) is 0.480. The number of likely N-dealkylation sites (tertiary alicyclic amines) is 2. The van der Waals surface area contributed by atoms with E-state index in [9.17, 15) is 27.2 Å². The molecule has 7 nitrogen and oxygen atoms in total. The number of hydrogen-bond donors (Lipinski definition) is 1. The van der Waals surface area contributed by atoms with Crippen LogP contribution in [0.25, 0.3) is 11.0 Å². The van der Waals surface area contributed by atoms with Gasteiger partial charge in [0, 0.05) is 43.4 Å². The number of pyridine rings is 1. The fourth-order valence-corrected chi connectivity index (χ4v) is 5.38. The summed E-state index contributed by atoms with van der Waals surface area (Å²) in [6.07, 6.45) is 0.815. The van der Waals surface area contributed by atoms with Crippen molar-refractivity contribution < 1.29 is 22.4 Å². The number of nitrogens with one attached hydrogen (secondary N) is 1. The van der Waals surface area contributed by atoms with Crippen molar-refractivity contribution in [3.63, 3.8) is 0 Å². The van der Waals surface area contributed by atoms with E-state index in [-0.39, 0.29) is 29.2 Å². The Kier molecular flexibility index (Phi) is 6.59. The van der Waals surface area contributed by atoms with Crippen molar-refractivity contribution in [3.8, 4) is 0 Å². The fourth-order valence-electron chi connectivity index (χ4n) is 5.38. The minimum Gasteiger partial charge on any atom is -0.342 e. The molecule has 2 aliphatic rings. The van der Waals surface area contributed by atoms with Gasteiger partial charge in [0.25, 0.3) is 0 Å². The van der Waals surface area contributed by atoms with E-state index in [1.807, 2.05) is 4.90 Å². The van der Waals surface area contributed by atoms with Gasteiger partial charge in [-0.05, 0) is 63.0 Å². The molecular weight excluding hydrogens is 478 g/mol. The molecule has 0 spiro atoms. The van der Waals surface area contributed by atoms with E-state index in [1.165, 1.54) is 16.8 Å². The van der Waals surface area contributed by atoms with Crippen molar-refractivity contribution in [2.24, 2.45) is 5.92 Å². The minimum atomic E-state index is -4.48. The van der Waals surface area contributed by atoms with E-state index in [4.69, 9.17) is 0 Å². The molecule has 0 aliphatic carbocycles. The molecule has 192 valence electrons. The molecule has 1 N–H and O–H groups in total. The van der Waals surface area contributed by atoms with Crippen LogP contribution in [-0.4, -0.2) is 56.4 Å². The standard InChI is InChI=1S/C25H27F4N5O2/c26-20-14-30-8-3-17(20)15-32-9-4-16(5-10-32)23(35)33-11-6-19(7-12-33)34-22-2-1-18(25(27,28)29)13-21(22)31-24(34)36/h1-3,8,13-14,16,19H,4-7,9-12,15H2,(H,31,36). The van der Waals surface area contributed by atoms with Crippen molar-refractivity contribution in [1.29, 1.82) is 0 Å². The van der Waals surface area contributed by atoms with Crippen LogP contribution < -0.4 is 5.69 Å². The molecule has 0 saturated carbocycles. The van der Waals surface area contributed by atoms with Gasteiger partial charge in [-0.2, -0.15) is 13.2 Å². The van der Waals surface area contributed by atoms with Crippen molar-refractivity contribution in [2.45, 2.75) is 44.4 Å². The lowest BCUT2D eigenvalue weighted by molar-refractivity contribution is -0.138. The molecule has 0 radical (unpaired) electrons. The van der Waals surface area contributed by atoms with Crippen molar-refractivity contribution >= 4 is 16.9 Å². The number of benzene rings is 1. The largest absolute Gasteiger partial charge is 0.416 e. The summed E-state index contributed by atoms with van der Waals surface area (Å²) in [5, 5.41) is 0. The van der Waals surface area contributed by atoms with Gasteiger partial charge in [0.15, 0.2) is 0 Å². The van der Waals surface area contributed by atoms with E-state index in [0.717, 1.165) is 12.1 Å². The number of aromatic nitrogens is 3. The molecular formula is C25H27F4N5O2. The smallest absolute Gasteiger partial charge is 0.342 e. The molecule has 5 rings (SSSR count). The zero-order valence-corrected chi connectivity index (χ0v) is 19.6. The van der Waals surface area contributed by atoms with Gasteiger partial charge in [-0.1, -0.05) is 0 Å². The van der Waals surface area contributed by atoms with Crippen LogP contribution in [0.5, 0.6) is 0 Å². The highest BCUT2D eigenvalue weighted by Gasteiger charge is 2.33. The number of aromatic amines is 1. The summed E-state index contributed by atoms with van der Waals surface area (Å²) in [6, 6.07) is 4.76. The monoisotopic (exact) mass is 505 g/mol. The number of alkyl halides is 3. The van der Waals surface area contributed by atoms with Gasteiger partial charge in [-0.25, -0.2) is 9.18 Å². The average Bonchev–Trinajstić information content (AvgIpc) is 3.20. The van der Waals surface area contributed by atoms with E-state index in [2.05, 4.69) is 14.9 Å². The molecule has 0 unspecified atom stereocenters. The Hall–Kier alpha value is -3.21. The predicted octanol–water partition coefficient (Wildman–Crippen LogP) is 3.96. The van der Waals surface area contributed by atoms with Crippen molar-refractivity contribution in [2.75, 3.05) is 26.2 Å². The van der Waals surface area contributed by atoms with Gasteiger partial charge < -0.3 is 9.88 Å². The van der Waals surface area contributed by atoms with Crippen LogP contribution in [0.4, 0.5) is 17.6 Å². The van der Waals surface area contributed by atoms with Crippen LogP contribution in [0.2, 0.25) is 0 Å². The van der Waals surface area contributed by atoms with Gasteiger partial charge in [-0.15, -0.1) is 0 Å². The average molecular weight is 506 g/mol. The van der Waals surface area contributed by atoms with Gasteiger partial charge in [-0.3, -0.25) is 19.2 Å². The van der Waals surface area contributed by atoms with Crippen LogP contribution in [-0.2, 0) is 17.5 Å². The maximum Gasteiger partial charge on any atom is 0.416 e. The van der Waals surface area contributed by atoms with Gasteiger partial charge >= 0.3 is 11.9 Å². The Bertz CT molecular complexity index is 1300. The van der Waals surface area contributed by atoms with Gasteiger partial charge in [0.05, 0.1) is 22.8 Å². The number of carbonyl (C=O) groups is 1. The van der Waals surface area contributed by atoms with E-state index in [1.54, 1.807) is 12.3 Å². The molecule has 2 fully saturated rings. The molecule has 1 amide bonds. The topological polar surface area (TPSA) is 74.2 Å². The summed E-state index contributed by atoms with van der Waals surface area (Å²) in [6.45, 7) is 2.89. The Morgan fingerprint density at radius 2 is 1.78 bits per heavy atom. The van der Waals surface area contributed by atoms with Crippen LogP contribution in [0.15, 0.2) is 41.5 Å². The molecule has 3 aromatic rings. The second-order valence-corrected chi connectivity index (χ2v) is 9.60. The lowest BCUT2D eigenvalue weighted by Crippen LogP contribution is -2.46. The first-order chi connectivity index (χ1) is 17.2. The number of imidazole rings is 1. The maximum atomic E-state index is 13.9. The molecule has 2 aliphatic heterocycles. The third-order valence-electron chi connectivity index (χ3n) is 7.37. The number of rotatable bonds is 4.